The van der Waals surface area contributed by atoms with Crippen LogP contribution in [-0.2, 0) is 27.8 Å². The molecule has 0 saturated carbocycles. The second kappa shape index (κ2) is 11.1. The molecule has 1 aliphatic rings. The molecule has 1 aliphatic heterocycles. The van der Waals surface area contributed by atoms with Gasteiger partial charge in [-0.1, -0.05) is 48.0 Å². The number of aryl methyl sites for hydroxylation is 1. The molecule has 4 rings (SSSR count). The predicted molar refractivity (Wildman–Crippen MR) is 137 cm³/mol. The molecule has 0 bridgehead atoms. The van der Waals surface area contributed by atoms with Crippen molar-refractivity contribution < 1.29 is 13.2 Å². The molecule has 0 spiro atoms. The van der Waals surface area contributed by atoms with Gasteiger partial charge in [-0.25, -0.2) is 13.4 Å². The molecule has 0 atom stereocenters. The number of sulfonamides is 1. The highest BCUT2D eigenvalue weighted by Gasteiger charge is 2.25. The molecular formula is C25H28N4O3S2. The number of benzene rings is 2. The Labute approximate surface area is 204 Å². The van der Waals surface area contributed by atoms with Crippen LogP contribution in [0.2, 0.25) is 0 Å². The second-order valence-electron chi connectivity index (χ2n) is 8.26. The predicted octanol–water partition coefficient (Wildman–Crippen LogP) is 3.75. The number of piperazine rings is 1. The normalized spacial score (nSPS) is 15.6. The van der Waals surface area contributed by atoms with Crippen molar-refractivity contribution in [2.75, 3.05) is 31.5 Å². The summed E-state index contributed by atoms with van der Waals surface area (Å²) in [6.07, 6.45) is 1.87. The summed E-state index contributed by atoms with van der Waals surface area (Å²) in [5.41, 5.74) is 3.68. The quantitative estimate of drug-likeness (QED) is 0.514. The van der Waals surface area contributed by atoms with E-state index in [4.69, 9.17) is 0 Å². The Kier molecular flexibility index (Phi) is 7.89. The molecule has 3 aromatic rings. The van der Waals surface area contributed by atoms with E-state index in [1.807, 2.05) is 66.9 Å². The zero-order valence-electron chi connectivity index (χ0n) is 19.1. The molecule has 2 aromatic carbocycles. The van der Waals surface area contributed by atoms with Crippen LogP contribution in [0.3, 0.4) is 0 Å². The largest absolute Gasteiger partial charge is 0.326 e. The highest BCUT2D eigenvalue weighted by atomic mass is 32.2. The molecular weight excluding hydrogens is 468 g/mol. The lowest BCUT2D eigenvalue weighted by atomic mass is 10.2. The van der Waals surface area contributed by atoms with Crippen molar-refractivity contribution in [1.82, 2.24) is 14.2 Å². The summed E-state index contributed by atoms with van der Waals surface area (Å²) < 4.78 is 26.8. The number of aromatic nitrogens is 1. The van der Waals surface area contributed by atoms with Gasteiger partial charge in [0.25, 0.3) is 0 Å². The first-order chi connectivity index (χ1) is 16.4. The SMILES string of the molecule is Cc1ccc(NC(=O)Cc2nc(CN3CCN(S(=O)(=O)/C=C/c4ccccc4)CC3)cs2)cc1. The van der Waals surface area contributed by atoms with E-state index in [-0.39, 0.29) is 12.3 Å². The summed E-state index contributed by atoms with van der Waals surface area (Å²) in [6.45, 7) is 4.81. The highest BCUT2D eigenvalue weighted by Crippen LogP contribution is 2.17. The van der Waals surface area contributed by atoms with Crippen molar-refractivity contribution in [2.24, 2.45) is 0 Å². The van der Waals surface area contributed by atoms with E-state index in [1.54, 1.807) is 6.08 Å². The van der Waals surface area contributed by atoms with Gasteiger partial charge in [0.05, 0.1) is 12.1 Å². The topological polar surface area (TPSA) is 82.6 Å². The second-order valence-corrected chi connectivity index (χ2v) is 11.0. The number of nitrogens with zero attached hydrogens (tertiary/aromatic N) is 3. The minimum Gasteiger partial charge on any atom is -0.326 e. The molecule has 1 N–H and O–H groups in total. The summed E-state index contributed by atoms with van der Waals surface area (Å²) in [6, 6.07) is 17.1. The Balaban J connectivity index is 1.25. The fraction of sp³-hybridized carbons (Fsp3) is 0.280. The molecule has 7 nitrogen and oxygen atoms in total. The molecule has 178 valence electrons. The van der Waals surface area contributed by atoms with E-state index in [0.29, 0.717) is 32.7 Å². The smallest absolute Gasteiger partial charge is 0.236 e. The van der Waals surface area contributed by atoms with Gasteiger partial charge in [0, 0.05) is 49.2 Å². The van der Waals surface area contributed by atoms with E-state index in [2.05, 4.69) is 15.2 Å². The maximum Gasteiger partial charge on any atom is 0.236 e. The fourth-order valence-corrected chi connectivity index (χ4v) is 5.63. The number of hydrogen-bond acceptors (Lipinski definition) is 6. The van der Waals surface area contributed by atoms with E-state index >= 15 is 0 Å². The summed E-state index contributed by atoms with van der Waals surface area (Å²) in [7, 11) is -3.45. The van der Waals surface area contributed by atoms with Crippen molar-refractivity contribution in [3.05, 3.63) is 87.2 Å². The van der Waals surface area contributed by atoms with Crippen molar-refractivity contribution in [1.29, 1.82) is 0 Å². The molecule has 2 heterocycles. The van der Waals surface area contributed by atoms with Crippen LogP contribution in [0.4, 0.5) is 5.69 Å². The number of carbonyl (C=O) groups is 1. The standard InChI is InChI=1S/C25H28N4O3S2/c1-20-7-9-22(10-8-20)26-24(30)17-25-27-23(19-33-25)18-28-12-14-29(15-13-28)34(31,32)16-11-21-5-3-2-4-6-21/h2-11,16,19H,12-15,17-18H2,1H3,(H,26,30)/b16-11+. The average molecular weight is 497 g/mol. The van der Waals surface area contributed by atoms with Crippen molar-refractivity contribution >= 4 is 39.0 Å². The fourth-order valence-electron chi connectivity index (χ4n) is 3.67. The Morgan fingerprint density at radius 3 is 2.47 bits per heavy atom. The molecule has 1 amide bonds. The first kappa shape index (κ1) is 24.3. The Morgan fingerprint density at radius 2 is 1.76 bits per heavy atom. The van der Waals surface area contributed by atoms with Crippen LogP contribution in [0.15, 0.2) is 65.4 Å². The van der Waals surface area contributed by atoms with Crippen LogP contribution >= 0.6 is 11.3 Å². The van der Waals surface area contributed by atoms with Gasteiger partial charge in [0.2, 0.25) is 15.9 Å². The van der Waals surface area contributed by atoms with Crippen molar-refractivity contribution in [3.63, 3.8) is 0 Å². The van der Waals surface area contributed by atoms with Gasteiger partial charge in [0.1, 0.15) is 5.01 Å². The molecule has 9 heteroatoms. The van der Waals surface area contributed by atoms with Gasteiger partial charge in [-0.05, 0) is 30.7 Å². The minimum atomic E-state index is -3.45. The number of rotatable bonds is 8. The van der Waals surface area contributed by atoms with Crippen LogP contribution < -0.4 is 5.32 Å². The van der Waals surface area contributed by atoms with Gasteiger partial charge in [-0.15, -0.1) is 11.3 Å². The van der Waals surface area contributed by atoms with Gasteiger partial charge in [-0.3, -0.25) is 9.69 Å². The maximum absolute atomic E-state index is 12.6. The Morgan fingerprint density at radius 1 is 1.06 bits per heavy atom. The molecule has 34 heavy (non-hydrogen) atoms. The summed E-state index contributed by atoms with van der Waals surface area (Å²) in [5, 5.41) is 6.92. The van der Waals surface area contributed by atoms with E-state index < -0.39 is 10.0 Å². The van der Waals surface area contributed by atoms with Gasteiger partial charge in [-0.2, -0.15) is 4.31 Å². The maximum atomic E-state index is 12.6. The van der Waals surface area contributed by atoms with Crippen molar-refractivity contribution in [2.45, 2.75) is 19.9 Å². The monoisotopic (exact) mass is 496 g/mol. The summed E-state index contributed by atoms with van der Waals surface area (Å²) in [5.74, 6) is -0.0906. The van der Waals surface area contributed by atoms with Gasteiger partial charge < -0.3 is 5.32 Å². The molecule has 0 radical (unpaired) electrons. The van der Waals surface area contributed by atoms with Crippen LogP contribution in [0.5, 0.6) is 0 Å². The number of anilines is 1. The summed E-state index contributed by atoms with van der Waals surface area (Å²) in [4.78, 5) is 19.1. The molecule has 0 unspecified atom stereocenters. The highest BCUT2D eigenvalue weighted by molar-refractivity contribution is 7.92. The number of nitrogens with one attached hydrogen (secondary N) is 1. The minimum absolute atomic E-state index is 0.0906. The van der Waals surface area contributed by atoms with E-state index in [0.717, 1.165) is 27.5 Å². The lowest BCUT2D eigenvalue weighted by Gasteiger charge is -2.32. The lowest BCUT2D eigenvalue weighted by Crippen LogP contribution is -2.47. The molecule has 1 aromatic heterocycles. The van der Waals surface area contributed by atoms with Crippen LogP contribution in [0, 0.1) is 6.92 Å². The first-order valence-corrected chi connectivity index (χ1v) is 13.5. The lowest BCUT2D eigenvalue weighted by molar-refractivity contribution is -0.115. The number of amides is 1. The molecule has 1 fully saturated rings. The number of hydrogen-bond donors (Lipinski definition) is 1. The average Bonchev–Trinajstić information content (AvgIpc) is 3.27. The zero-order chi connectivity index (χ0) is 24.0. The van der Waals surface area contributed by atoms with Gasteiger partial charge in [0.15, 0.2) is 0 Å². The van der Waals surface area contributed by atoms with Gasteiger partial charge >= 0.3 is 0 Å². The zero-order valence-corrected chi connectivity index (χ0v) is 20.7. The third kappa shape index (κ3) is 6.83. The third-order valence-electron chi connectivity index (χ3n) is 5.56. The molecule has 1 saturated heterocycles. The first-order valence-electron chi connectivity index (χ1n) is 11.1. The van der Waals surface area contributed by atoms with Crippen LogP contribution in [-0.4, -0.2) is 54.7 Å². The Bertz CT molecular complexity index is 1230. The van der Waals surface area contributed by atoms with Crippen molar-refractivity contribution in [3.8, 4) is 0 Å². The van der Waals surface area contributed by atoms with E-state index in [1.165, 1.54) is 21.1 Å². The number of carbonyl (C=O) groups excluding carboxylic acids is 1. The van der Waals surface area contributed by atoms with Crippen LogP contribution in [0.25, 0.3) is 6.08 Å². The number of thiazole rings is 1. The molecule has 0 aliphatic carbocycles. The summed E-state index contributed by atoms with van der Waals surface area (Å²) >= 11 is 1.47. The third-order valence-corrected chi connectivity index (χ3v) is 8.02. The van der Waals surface area contributed by atoms with E-state index in [9.17, 15) is 13.2 Å². The van der Waals surface area contributed by atoms with Crippen LogP contribution in [0.1, 0.15) is 21.8 Å². The Hall–Kier alpha value is -2.85.